The molecular weight excluding hydrogens is 369 g/mol. The second kappa shape index (κ2) is 7.51. The van der Waals surface area contributed by atoms with Gasteiger partial charge in [0.25, 0.3) is 0 Å². The Bertz CT molecular complexity index is 879. The first-order valence-electron chi connectivity index (χ1n) is 8.95. The van der Waals surface area contributed by atoms with E-state index in [4.69, 9.17) is 0 Å². The van der Waals surface area contributed by atoms with Gasteiger partial charge in [0.15, 0.2) is 5.13 Å². The number of halogens is 1. The number of benzene rings is 1. The van der Waals surface area contributed by atoms with Crippen molar-refractivity contribution in [1.82, 2.24) is 10.3 Å². The van der Waals surface area contributed by atoms with Crippen LogP contribution in [0.5, 0.6) is 0 Å². The van der Waals surface area contributed by atoms with Crippen LogP contribution in [0.15, 0.2) is 17.5 Å². The van der Waals surface area contributed by atoms with Gasteiger partial charge in [0, 0.05) is 24.9 Å². The molecular formula is C18H20FN5O2S. The fraction of sp³-hybridized carbons (Fsp3) is 0.389. The first-order valence-corrected chi connectivity index (χ1v) is 9.83. The Morgan fingerprint density at radius 1 is 1.30 bits per heavy atom. The maximum Gasteiger partial charge on any atom is 0.319 e. The minimum absolute atomic E-state index is 0.144. The van der Waals surface area contributed by atoms with Crippen LogP contribution in [0, 0.1) is 5.82 Å². The molecule has 1 aromatic carbocycles. The van der Waals surface area contributed by atoms with E-state index < -0.39 is 11.8 Å². The summed E-state index contributed by atoms with van der Waals surface area (Å²) >= 11 is 1.57. The van der Waals surface area contributed by atoms with E-state index in [1.807, 2.05) is 5.38 Å². The Morgan fingerprint density at radius 3 is 2.93 bits per heavy atom. The van der Waals surface area contributed by atoms with Gasteiger partial charge in [-0.2, -0.15) is 0 Å². The quantitative estimate of drug-likeness (QED) is 0.750. The molecule has 0 radical (unpaired) electrons. The van der Waals surface area contributed by atoms with Crippen LogP contribution in [0.2, 0.25) is 0 Å². The summed E-state index contributed by atoms with van der Waals surface area (Å²) in [6, 6.07) is 2.11. The van der Waals surface area contributed by atoms with E-state index >= 15 is 0 Å². The third-order valence-electron chi connectivity index (χ3n) is 4.67. The Kier molecular flexibility index (Phi) is 4.93. The number of carbonyl (C=O) groups excluding carboxylic acids is 2. The molecule has 142 valence electrons. The molecule has 0 saturated carbocycles. The molecule has 2 aliphatic heterocycles. The summed E-state index contributed by atoms with van der Waals surface area (Å²) < 4.78 is 13.8. The summed E-state index contributed by atoms with van der Waals surface area (Å²) in [7, 11) is 0. The summed E-state index contributed by atoms with van der Waals surface area (Å²) in [6.45, 7) is 2.33. The number of aryl methyl sites for hydroxylation is 1. The molecule has 0 bridgehead atoms. The Balaban J connectivity index is 1.38. The number of hydrogen-bond donors (Lipinski definition) is 3. The van der Waals surface area contributed by atoms with Crippen LogP contribution in [0.3, 0.4) is 0 Å². The van der Waals surface area contributed by atoms with Crippen LogP contribution in [0.25, 0.3) is 0 Å². The molecule has 27 heavy (non-hydrogen) atoms. The third kappa shape index (κ3) is 4.02. The molecule has 2 aliphatic rings. The van der Waals surface area contributed by atoms with Crippen LogP contribution in [-0.2, 0) is 17.8 Å². The zero-order valence-corrected chi connectivity index (χ0v) is 15.5. The Morgan fingerprint density at radius 2 is 2.11 bits per heavy atom. The van der Waals surface area contributed by atoms with E-state index in [2.05, 4.69) is 25.8 Å². The van der Waals surface area contributed by atoms with Gasteiger partial charge in [0.1, 0.15) is 5.82 Å². The van der Waals surface area contributed by atoms with Crippen molar-refractivity contribution in [3.63, 3.8) is 0 Å². The SMILES string of the molecule is O=C1CCc2cc(F)cc(NC(=O)NCc3csc(N4CCCC4)n3)c2N1. The van der Waals surface area contributed by atoms with E-state index in [0.29, 0.717) is 24.1 Å². The highest BCUT2D eigenvalue weighted by atomic mass is 32.1. The lowest BCUT2D eigenvalue weighted by molar-refractivity contribution is -0.116. The molecule has 7 nitrogen and oxygen atoms in total. The van der Waals surface area contributed by atoms with Crippen molar-refractivity contribution in [2.45, 2.75) is 32.2 Å². The summed E-state index contributed by atoms with van der Waals surface area (Å²) in [5, 5.41) is 11.0. The lowest BCUT2D eigenvalue weighted by Gasteiger charge is -2.20. The maximum absolute atomic E-state index is 13.8. The van der Waals surface area contributed by atoms with E-state index in [-0.39, 0.29) is 18.1 Å². The molecule has 0 atom stereocenters. The summed E-state index contributed by atoms with van der Waals surface area (Å²) in [5.41, 5.74) is 2.19. The van der Waals surface area contributed by atoms with E-state index in [1.165, 1.54) is 25.0 Å². The highest BCUT2D eigenvalue weighted by Gasteiger charge is 2.21. The molecule has 1 fully saturated rings. The number of nitrogens with one attached hydrogen (secondary N) is 3. The number of thiazole rings is 1. The number of anilines is 3. The molecule has 0 spiro atoms. The second-order valence-electron chi connectivity index (χ2n) is 6.66. The molecule has 9 heteroatoms. The van der Waals surface area contributed by atoms with Gasteiger partial charge in [0.2, 0.25) is 5.91 Å². The lowest BCUT2D eigenvalue weighted by atomic mass is 10.0. The maximum atomic E-state index is 13.8. The highest BCUT2D eigenvalue weighted by molar-refractivity contribution is 7.13. The largest absolute Gasteiger partial charge is 0.348 e. The van der Waals surface area contributed by atoms with Crippen LogP contribution >= 0.6 is 11.3 Å². The summed E-state index contributed by atoms with van der Waals surface area (Å²) in [5.74, 6) is -0.593. The minimum Gasteiger partial charge on any atom is -0.348 e. The number of fused-ring (bicyclic) bond motifs is 1. The van der Waals surface area contributed by atoms with Crippen LogP contribution in [0.4, 0.5) is 25.7 Å². The fourth-order valence-electron chi connectivity index (χ4n) is 3.33. The van der Waals surface area contributed by atoms with Crippen molar-refractivity contribution in [3.05, 3.63) is 34.6 Å². The number of nitrogens with zero attached hydrogens (tertiary/aromatic N) is 2. The molecule has 4 rings (SSSR count). The molecule has 3 N–H and O–H groups in total. The van der Waals surface area contributed by atoms with Gasteiger partial charge in [-0.15, -0.1) is 11.3 Å². The van der Waals surface area contributed by atoms with Crippen molar-refractivity contribution in [1.29, 1.82) is 0 Å². The van der Waals surface area contributed by atoms with Gasteiger partial charge < -0.3 is 20.9 Å². The zero-order valence-electron chi connectivity index (χ0n) is 14.7. The number of amides is 3. The minimum atomic E-state index is -0.474. The molecule has 3 amide bonds. The van der Waals surface area contributed by atoms with Crippen molar-refractivity contribution >= 4 is 39.8 Å². The number of carbonyl (C=O) groups is 2. The van der Waals surface area contributed by atoms with Crippen LogP contribution in [-0.4, -0.2) is 30.0 Å². The molecule has 0 unspecified atom stereocenters. The lowest BCUT2D eigenvalue weighted by Crippen LogP contribution is -2.30. The predicted molar refractivity (Wildman–Crippen MR) is 103 cm³/mol. The number of urea groups is 1. The van der Waals surface area contributed by atoms with Gasteiger partial charge in [-0.1, -0.05) is 0 Å². The standard InChI is InChI=1S/C18H20FN5O2S/c19-12-7-11-3-4-15(25)23-16(11)14(8-12)22-17(26)20-9-13-10-27-18(21-13)24-5-1-2-6-24/h7-8,10H,1-6,9H2,(H,23,25)(H2,20,22,26). The fourth-order valence-corrected chi connectivity index (χ4v) is 4.20. The molecule has 0 aliphatic carbocycles. The Hall–Kier alpha value is -2.68. The average Bonchev–Trinajstić information content (AvgIpc) is 3.32. The topological polar surface area (TPSA) is 86.4 Å². The van der Waals surface area contributed by atoms with Gasteiger partial charge >= 0.3 is 6.03 Å². The smallest absolute Gasteiger partial charge is 0.319 e. The van der Waals surface area contributed by atoms with Gasteiger partial charge in [-0.05, 0) is 37.0 Å². The monoisotopic (exact) mass is 389 g/mol. The van der Waals surface area contributed by atoms with Gasteiger partial charge in [0.05, 0.1) is 23.6 Å². The number of hydrogen-bond acceptors (Lipinski definition) is 5. The normalized spacial score (nSPS) is 16.0. The van der Waals surface area contributed by atoms with Crippen molar-refractivity contribution < 1.29 is 14.0 Å². The predicted octanol–water partition coefficient (Wildman–Crippen LogP) is 3.09. The van der Waals surface area contributed by atoms with E-state index in [1.54, 1.807) is 11.3 Å². The number of aromatic nitrogens is 1. The zero-order chi connectivity index (χ0) is 18.8. The van der Waals surface area contributed by atoms with Crippen molar-refractivity contribution in [3.8, 4) is 0 Å². The number of rotatable bonds is 4. The Labute approximate surface area is 160 Å². The van der Waals surface area contributed by atoms with E-state index in [0.717, 1.165) is 23.9 Å². The van der Waals surface area contributed by atoms with E-state index in [9.17, 15) is 14.0 Å². The summed E-state index contributed by atoms with van der Waals surface area (Å²) in [4.78, 5) is 30.7. The van der Waals surface area contributed by atoms with Crippen LogP contribution < -0.4 is 20.9 Å². The molecule has 1 aromatic heterocycles. The van der Waals surface area contributed by atoms with Gasteiger partial charge in [-0.25, -0.2) is 14.2 Å². The first kappa shape index (κ1) is 17.7. The van der Waals surface area contributed by atoms with Gasteiger partial charge in [-0.3, -0.25) is 4.79 Å². The first-order chi connectivity index (χ1) is 13.1. The van der Waals surface area contributed by atoms with Crippen molar-refractivity contribution in [2.75, 3.05) is 28.6 Å². The average molecular weight is 389 g/mol. The summed E-state index contributed by atoms with van der Waals surface area (Å²) in [6.07, 6.45) is 3.13. The van der Waals surface area contributed by atoms with Crippen LogP contribution in [0.1, 0.15) is 30.5 Å². The second-order valence-corrected chi connectivity index (χ2v) is 7.50. The molecule has 3 heterocycles. The highest BCUT2D eigenvalue weighted by Crippen LogP contribution is 2.32. The molecule has 2 aromatic rings. The molecule has 1 saturated heterocycles. The van der Waals surface area contributed by atoms with Crippen molar-refractivity contribution in [2.24, 2.45) is 0 Å². The third-order valence-corrected chi connectivity index (χ3v) is 5.62.